The third kappa shape index (κ3) is 6.71. The zero-order valence-corrected chi connectivity index (χ0v) is 23.9. The van der Waals surface area contributed by atoms with Crippen LogP contribution in [0.4, 0.5) is 0 Å². The van der Waals surface area contributed by atoms with Gasteiger partial charge in [-0.25, -0.2) is 9.59 Å². The van der Waals surface area contributed by atoms with Gasteiger partial charge in [-0.15, -0.1) is 0 Å². The number of aliphatic hydroxyl groups is 2. The molecule has 224 valence electrons. The van der Waals surface area contributed by atoms with Crippen molar-refractivity contribution in [3.05, 3.63) is 85.0 Å². The lowest BCUT2D eigenvalue weighted by Gasteiger charge is -2.62. The van der Waals surface area contributed by atoms with Gasteiger partial charge in [0.25, 0.3) is 0 Å². The number of aliphatic hydroxyl groups excluding tert-OH is 2. The smallest absolute Gasteiger partial charge is 0.330 e. The van der Waals surface area contributed by atoms with Crippen molar-refractivity contribution in [2.75, 3.05) is 26.4 Å². The van der Waals surface area contributed by atoms with E-state index < -0.39 is 24.1 Å². The van der Waals surface area contributed by atoms with Crippen LogP contribution < -0.4 is 9.47 Å². The van der Waals surface area contributed by atoms with Gasteiger partial charge >= 0.3 is 11.9 Å². The van der Waals surface area contributed by atoms with Crippen molar-refractivity contribution in [1.29, 1.82) is 0 Å². The molecule has 4 fully saturated rings. The van der Waals surface area contributed by atoms with Crippen LogP contribution in [0.15, 0.2) is 73.8 Å². The number of rotatable bonds is 14. The summed E-state index contributed by atoms with van der Waals surface area (Å²) in [5, 5.41) is 20.1. The Labute approximate surface area is 246 Å². The third-order valence-corrected chi connectivity index (χ3v) is 9.05. The number of esters is 2. The summed E-state index contributed by atoms with van der Waals surface area (Å²) < 4.78 is 21.2. The van der Waals surface area contributed by atoms with Crippen molar-refractivity contribution in [2.45, 2.75) is 61.6 Å². The molecule has 2 N–H and O–H groups in total. The summed E-state index contributed by atoms with van der Waals surface area (Å²) >= 11 is 0. The van der Waals surface area contributed by atoms with E-state index in [0.717, 1.165) is 18.6 Å². The quantitative estimate of drug-likeness (QED) is 0.251. The van der Waals surface area contributed by atoms with Crippen molar-refractivity contribution >= 4 is 11.9 Å². The number of hydrogen-bond acceptors (Lipinski definition) is 8. The lowest BCUT2D eigenvalue weighted by Crippen LogP contribution is -2.55. The highest BCUT2D eigenvalue weighted by Gasteiger charge is 2.58. The second-order valence-electron chi connectivity index (χ2n) is 12.2. The summed E-state index contributed by atoms with van der Waals surface area (Å²) in [5.74, 6) is 1.59. The maximum absolute atomic E-state index is 11.2. The largest absolute Gasteiger partial charge is 0.491 e. The predicted octanol–water partition coefficient (Wildman–Crippen LogP) is 4.41. The molecule has 0 amide bonds. The molecule has 4 aliphatic carbocycles. The molecular formula is C34H40O8. The number of benzene rings is 2. The fourth-order valence-corrected chi connectivity index (χ4v) is 7.70. The molecule has 2 aromatic rings. The van der Waals surface area contributed by atoms with Gasteiger partial charge in [0, 0.05) is 12.2 Å². The van der Waals surface area contributed by atoms with Gasteiger partial charge in [0.2, 0.25) is 0 Å². The van der Waals surface area contributed by atoms with Gasteiger partial charge < -0.3 is 29.2 Å². The zero-order valence-electron chi connectivity index (χ0n) is 23.9. The van der Waals surface area contributed by atoms with Gasteiger partial charge in [-0.3, -0.25) is 0 Å². The highest BCUT2D eigenvalue weighted by Crippen LogP contribution is 2.66. The molecule has 4 bridgehead atoms. The van der Waals surface area contributed by atoms with Crippen LogP contribution in [0.1, 0.15) is 49.7 Å². The van der Waals surface area contributed by atoms with E-state index in [0.29, 0.717) is 23.3 Å². The molecule has 0 saturated heterocycles. The first-order chi connectivity index (χ1) is 20.2. The van der Waals surface area contributed by atoms with Crippen molar-refractivity contribution in [3.8, 4) is 11.5 Å². The summed E-state index contributed by atoms with van der Waals surface area (Å²) in [6.07, 6.45) is 7.51. The van der Waals surface area contributed by atoms with Crippen LogP contribution >= 0.6 is 0 Å². The number of ether oxygens (including phenoxy) is 4. The van der Waals surface area contributed by atoms with Gasteiger partial charge in [-0.2, -0.15) is 0 Å². The minimum absolute atomic E-state index is 0.0314. The molecule has 0 heterocycles. The first-order valence-electron chi connectivity index (χ1n) is 14.6. The molecule has 0 aromatic heterocycles. The summed E-state index contributed by atoms with van der Waals surface area (Å²) in [4.78, 5) is 22.4. The molecule has 0 aliphatic heterocycles. The Hall–Kier alpha value is -3.62. The van der Waals surface area contributed by atoms with Crippen LogP contribution in [0.5, 0.6) is 11.5 Å². The Morgan fingerprint density at radius 2 is 1.10 bits per heavy atom. The molecule has 0 spiro atoms. The average molecular weight is 577 g/mol. The SMILES string of the molecule is C=CC(=O)OCC(O)COc1ccc(C23CC4CC(C2)CC(c2ccc(OCC(O)COC(=O)C=C)cc2)(C4)C3)cc1. The molecule has 6 rings (SSSR count). The highest BCUT2D eigenvalue weighted by molar-refractivity contribution is 5.81. The second-order valence-corrected chi connectivity index (χ2v) is 12.2. The van der Waals surface area contributed by atoms with E-state index in [2.05, 4.69) is 37.4 Å². The highest BCUT2D eigenvalue weighted by atomic mass is 16.6. The monoisotopic (exact) mass is 576 g/mol. The minimum Gasteiger partial charge on any atom is -0.491 e. The van der Waals surface area contributed by atoms with E-state index in [1.165, 1.54) is 43.2 Å². The maximum Gasteiger partial charge on any atom is 0.330 e. The zero-order chi connectivity index (χ0) is 29.7. The minimum atomic E-state index is -0.916. The molecule has 2 aromatic carbocycles. The Balaban J connectivity index is 1.22. The lowest BCUT2D eigenvalue weighted by molar-refractivity contribution is -0.142. The summed E-state index contributed by atoms with van der Waals surface area (Å²) in [7, 11) is 0. The van der Waals surface area contributed by atoms with Crippen LogP contribution in [0.3, 0.4) is 0 Å². The molecule has 2 atom stereocenters. The Kier molecular flexibility index (Phi) is 9.04. The van der Waals surface area contributed by atoms with E-state index in [1.54, 1.807) is 0 Å². The van der Waals surface area contributed by atoms with E-state index in [9.17, 15) is 19.8 Å². The first kappa shape index (κ1) is 29.9. The van der Waals surface area contributed by atoms with Gasteiger partial charge in [-0.1, -0.05) is 37.4 Å². The standard InChI is InChI=1S/C34H40O8/c1-3-31(37)41-20-27(35)18-39-29-9-5-25(6-10-29)33-14-23-13-24(15-33)17-34(16-23,22-33)26-7-11-30(12-8-26)40-19-28(36)21-42-32(38)4-2/h3-12,23-24,27-28,35-36H,1-2,13-22H2. The van der Waals surface area contributed by atoms with E-state index >= 15 is 0 Å². The van der Waals surface area contributed by atoms with Gasteiger partial charge in [-0.05, 0) is 96.6 Å². The third-order valence-electron chi connectivity index (χ3n) is 9.05. The topological polar surface area (TPSA) is 112 Å². The summed E-state index contributed by atoms with van der Waals surface area (Å²) in [6.45, 7) is 6.47. The fraction of sp³-hybridized carbons (Fsp3) is 0.471. The molecule has 8 heteroatoms. The Morgan fingerprint density at radius 3 is 1.45 bits per heavy atom. The summed E-state index contributed by atoms with van der Waals surface area (Å²) in [6, 6.07) is 16.6. The van der Waals surface area contributed by atoms with Crippen LogP contribution in [-0.2, 0) is 29.9 Å². The van der Waals surface area contributed by atoms with Crippen LogP contribution in [0.25, 0.3) is 0 Å². The van der Waals surface area contributed by atoms with E-state index in [-0.39, 0.29) is 37.3 Å². The molecule has 8 nitrogen and oxygen atoms in total. The normalized spacial score (nSPS) is 27.0. The van der Waals surface area contributed by atoms with Gasteiger partial charge in [0.1, 0.15) is 50.1 Å². The van der Waals surface area contributed by atoms with Crippen LogP contribution in [-0.4, -0.2) is 60.8 Å². The second kappa shape index (κ2) is 12.7. The predicted molar refractivity (Wildman–Crippen MR) is 156 cm³/mol. The van der Waals surface area contributed by atoms with Gasteiger partial charge in [0.15, 0.2) is 0 Å². The fourth-order valence-electron chi connectivity index (χ4n) is 7.70. The van der Waals surface area contributed by atoms with Gasteiger partial charge in [0.05, 0.1) is 0 Å². The molecular weight excluding hydrogens is 536 g/mol. The molecule has 42 heavy (non-hydrogen) atoms. The number of hydrogen-bond donors (Lipinski definition) is 2. The Bertz CT molecular complexity index is 1160. The van der Waals surface area contributed by atoms with Crippen molar-refractivity contribution in [2.24, 2.45) is 11.8 Å². The first-order valence-corrected chi connectivity index (χ1v) is 14.6. The molecule has 0 radical (unpaired) electrons. The molecule has 2 unspecified atom stereocenters. The maximum atomic E-state index is 11.2. The molecule has 4 saturated carbocycles. The van der Waals surface area contributed by atoms with E-state index in [4.69, 9.17) is 18.9 Å². The average Bonchev–Trinajstić information content (AvgIpc) is 3.00. The number of carbonyl (C=O) groups excluding carboxylic acids is 2. The van der Waals surface area contributed by atoms with Crippen LogP contribution in [0.2, 0.25) is 0 Å². The van der Waals surface area contributed by atoms with Crippen molar-refractivity contribution < 1.29 is 38.7 Å². The molecule has 4 aliphatic rings. The van der Waals surface area contributed by atoms with Crippen molar-refractivity contribution in [1.82, 2.24) is 0 Å². The Morgan fingerprint density at radius 1 is 0.714 bits per heavy atom. The van der Waals surface area contributed by atoms with Crippen molar-refractivity contribution in [3.63, 3.8) is 0 Å². The van der Waals surface area contributed by atoms with E-state index in [1.807, 2.05) is 24.3 Å². The summed E-state index contributed by atoms with van der Waals surface area (Å²) in [5.41, 5.74) is 2.95. The van der Waals surface area contributed by atoms with Crippen LogP contribution in [0, 0.1) is 11.8 Å². The lowest BCUT2D eigenvalue weighted by atomic mass is 9.42. The number of carbonyl (C=O) groups is 2.